The number of nitrogens with one attached hydrogen (secondary N) is 1. The number of hydrogen-bond acceptors (Lipinski definition) is 2. The van der Waals surface area contributed by atoms with Crippen molar-refractivity contribution in [2.45, 2.75) is 78.2 Å². The van der Waals surface area contributed by atoms with Crippen LogP contribution in [0.1, 0.15) is 77.3 Å². The van der Waals surface area contributed by atoms with Gasteiger partial charge in [-0.25, -0.2) is 0 Å². The topological polar surface area (TPSA) is 42.0 Å². The Hall–Kier alpha value is -1.38. The SMILES string of the molecule is CC1CCC2C(CCC3C2CCC2(C)C(C(=O)NCc4ccccn4)CCC32)C1. The molecule has 4 aliphatic carbocycles. The Morgan fingerprint density at radius 1 is 1.07 bits per heavy atom. The molecule has 8 unspecified atom stereocenters. The second kappa shape index (κ2) is 7.71. The molecule has 1 N–H and O–H groups in total. The second-order valence-corrected chi connectivity index (χ2v) is 11.1. The molecule has 0 radical (unpaired) electrons. The summed E-state index contributed by atoms with van der Waals surface area (Å²) in [4.78, 5) is 17.5. The molecule has 1 amide bonds. The van der Waals surface area contributed by atoms with Crippen molar-refractivity contribution in [1.29, 1.82) is 0 Å². The first kappa shape index (κ1) is 19.6. The van der Waals surface area contributed by atoms with Crippen LogP contribution in [-0.2, 0) is 11.3 Å². The van der Waals surface area contributed by atoms with E-state index in [4.69, 9.17) is 0 Å². The van der Waals surface area contributed by atoms with E-state index in [1.807, 2.05) is 18.2 Å². The van der Waals surface area contributed by atoms with E-state index in [0.29, 0.717) is 6.54 Å². The van der Waals surface area contributed by atoms with Crippen LogP contribution in [-0.4, -0.2) is 10.9 Å². The molecule has 4 aliphatic rings. The van der Waals surface area contributed by atoms with Crippen molar-refractivity contribution in [3.05, 3.63) is 30.1 Å². The molecule has 0 aliphatic heterocycles. The Labute approximate surface area is 176 Å². The van der Waals surface area contributed by atoms with Gasteiger partial charge in [-0.1, -0.05) is 26.3 Å². The average Bonchev–Trinajstić information content (AvgIpc) is 3.09. The standard InChI is InChI=1S/C26H38N2O/c1-17-6-8-20-18(15-17)7-9-22-21(20)12-13-26(2)23(22)10-11-24(26)25(29)28-16-19-5-3-4-14-27-19/h3-5,14,17-18,20-24H,6-13,15-16H2,1-2H3,(H,28,29). The molecule has 0 bridgehead atoms. The molecule has 0 aromatic carbocycles. The first-order chi connectivity index (χ1) is 14.1. The van der Waals surface area contributed by atoms with Gasteiger partial charge in [-0.3, -0.25) is 9.78 Å². The summed E-state index contributed by atoms with van der Waals surface area (Å²) in [5.41, 5.74) is 1.17. The number of nitrogens with zero attached hydrogens (tertiary/aromatic N) is 1. The lowest BCUT2D eigenvalue weighted by atomic mass is 9.49. The lowest BCUT2D eigenvalue weighted by Crippen LogP contribution is -2.50. The normalized spacial score (nSPS) is 43.7. The number of hydrogen-bond donors (Lipinski definition) is 1. The molecule has 3 nitrogen and oxygen atoms in total. The van der Waals surface area contributed by atoms with Gasteiger partial charge in [0.2, 0.25) is 5.91 Å². The largest absolute Gasteiger partial charge is 0.350 e. The summed E-state index contributed by atoms with van der Waals surface area (Å²) in [7, 11) is 0. The number of pyridine rings is 1. The minimum absolute atomic E-state index is 0.196. The smallest absolute Gasteiger partial charge is 0.223 e. The predicted octanol–water partition coefficient (Wildman–Crippen LogP) is 5.60. The highest BCUT2D eigenvalue weighted by molar-refractivity contribution is 5.80. The zero-order valence-electron chi connectivity index (χ0n) is 18.3. The van der Waals surface area contributed by atoms with E-state index < -0.39 is 0 Å². The average molecular weight is 395 g/mol. The molecule has 0 spiro atoms. The number of fused-ring (bicyclic) bond motifs is 5. The second-order valence-electron chi connectivity index (χ2n) is 11.1. The monoisotopic (exact) mass is 394 g/mol. The van der Waals surface area contributed by atoms with E-state index in [0.717, 1.165) is 47.6 Å². The summed E-state index contributed by atoms with van der Waals surface area (Å²) in [5.74, 6) is 6.02. The molecule has 4 fully saturated rings. The molecular weight excluding hydrogens is 356 g/mol. The zero-order chi connectivity index (χ0) is 20.0. The van der Waals surface area contributed by atoms with E-state index in [-0.39, 0.29) is 17.2 Å². The van der Waals surface area contributed by atoms with Gasteiger partial charge < -0.3 is 5.32 Å². The third-order valence-corrected chi connectivity index (χ3v) is 9.70. The lowest BCUT2D eigenvalue weighted by Gasteiger charge is -2.56. The van der Waals surface area contributed by atoms with Crippen LogP contribution < -0.4 is 5.32 Å². The summed E-state index contributed by atoms with van der Waals surface area (Å²) < 4.78 is 0. The molecule has 0 saturated heterocycles. The van der Waals surface area contributed by atoms with Crippen molar-refractivity contribution in [3.63, 3.8) is 0 Å². The number of carbonyl (C=O) groups excluding carboxylic acids is 1. The van der Waals surface area contributed by atoms with Gasteiger partial charge in [0, 0.05) is 12.1 Å². The molecule has 29 heavy (non-hydrogen) atoms. The van der Waals surface area contributed by atoms with Crippen LogP contribution in [0.2, 0.25) is 0 Å². The van der Waals surface area contributed by atoms with Crippen molar-refractivity contribution >= 4 is 5.91 Å². The summed E-state index contributed by atoms with van der Waals surface area (Å²) >= 11 is 0. The van der Waals surface area contributed by atoms with Gasteiger partial charge in [0.25, 0.3) is 0 Å². The van der Waals surface area contributed by atoms with Crippen LogP contribution in [0, 0.1) is 46.8 Å². The van der Waals surface area contributed by atoms with Crippen LogP contribution in [0.5, 0.6) is 0 Å². The van der Waals surface area contributed by atoms with Crippen LogP contribution in [0.15, 0.2) is 24.4 Å². The minimum Gasteiger partial charge on any atom is -0.350 e. The molecule has 3 heteroatoms. The van der Waals surface area contributed by atoms with Gasteiger partial charge in [0.1, 0.15) is 0 Å². The first-order valence-corrected chi connectivity index (χ1v) is 12.2. The Morgan fingerprint density at radius 2 is 1.93 bits per heavy atom. The Balaban J connectivity index is 1.27. The number of carbonyl (C=O) groups is 1. The fourth-order valence-corrected chi connectivity index (χ4v) is 8.32. The van der Waals surface area contributed by atoms with E-state index in [1.165, 1.54) is 51.4 Å². The molecule has 8 atom stereocenters. The van der Waals surface area contributed by atoms with Crippen LogP contribution in [0.4, 0.5) is 0 Å². The van der Waals surface area contributed by atoms with Gasteiger partial charge in [-0.2, -0.15) is 0 Å². The Bertz CT molecular complexity index is 733. The van der Waals surface area contributed by atoms with Crippen molar-refractivity contribution in [3.8, 4) is 0 Å². The molecular formula is C26H38N2O. The van der Waals surface area contributed by atoms with E-state index >= 15 is 0 Å². The van der Waals surface area contributed by atoms with Gasteiger partial charge in [0.05, 0.1) is 12.2 Å². The molecule has 4 saturated carbocycles. The van der Waals surface area contributed by atoms with Crippen molar-refractivity contribution in [1.82, 2.24) is 10.3 Å². The fourth-order valence-electron chi connectivity index (χ4n) is 8.32. The predicted molar refractivity (Wildman–Crippen MR) is 116 cm³/mol. The Kier molecular flexibility index (Phi) is 5.20. The zero-order valence-corrected chi connectivity index (χ0v) is 18.3. The van der Waals surface area contributed by atoms with Crippen LogP contribution in [0.3, 0.4) is 0 Å². The van der Waals surface area contributed by atoms with E-state index in [1.54, 1.807) is 6.20 Å². The molecule has 1 aromatic rings. The summed E-state index contributed by atoms with van der Waals surface area (Å²) in [6, 6.07) is 5.91. The summed E-state index contributed by atoms with van der Waals surface area (Å²) in [6.07, 6.45) is 14.1. The van der Waals surface area contributed by atoms with E-state index in [9.17, 15) is 4.79 Å². The summed E-state index contributed by atoms with van der Waals surface area (Å²) in [6.45, 7) is 5.48. The van der Waals surface area contributed by atoms with Gasteiger partial charge >= 0.3 is 0 Å². The third-order valence-electron chi connectivity index (χ3n) is 9.70. The van der Waals surface area contributed by atoms with Crippen LogP contribution >= 0.6 is 0 Å². The molecule has 1 aromatic heterocycles. The number of amides is 1. The number of rotatable bonds is 3. The summed E-state index contributed by atoms with van der Waals surface area (Å²) in [5, 5.41) is 3.22. The van der Waals surface area contributed by atoms with Crippen molar-refractivity contribution < 1.29 is 4.79 Å². The fraction of sp³-hybridized carbons (Fsp3) is 0.769. The first-order valence-electron chi connectivity index (χ1n) is 12.2. The van der Waals surface area contributed by atoms with Crippen molar-refractivity contribution in [2.24, 2.45) is 46.8 Å². The minimum atomic E-state index is 0.196. The number of aromatic nitrogens is 1. The van der Waals surface area contributed by atoms with Gasteiger partial charge in [0.15, 0.2) is 0 Å². The van der Waals surface area contributed by atoms with Gasteiger partial charge in [-0.05, 0) is 104 Å². The quantitative estimate of drug-likeness (QED) is 0.725. The van der Waals surface area contributed by atoms with Crippen molar-refractivity contribution in [2.75, 3.05) is 0 Å². The Morgan fingerprint density at radius 3 is 2.76 bits per heavy atom. The highest BCUT2D eigenvalue weighted by atomic mass is 16.1. The highest BCUT2D eigenvalue weighted by Crippen LogP contribution is 2.64. The molecule has 1 heterocycles. The maximum Gasteiger partial charge on any atom is 0.223 e. The van der Waals surface area contributed by atoms with E-state index in [2.05, 4.69) is 24.1 Å². The maximum absolute atomic E-state index is 13.2. The maximum atomic E-state index is 13.2. The van der Waals surface area contributed by atoms with Gasteiger partial charge in [-0.15, -0.1) is 0 Å². The molecule has 5 rings (SSSR count). The lowest BCUT2D eigenvalue weighted by molar-refractivity contribution is -0.132. The third kappa shape index (κ3) is 3.43. The molecule has 158 valence electrons. The highest BCUT2D eigenvalue weighted by Gasteiger charge is 2.58. The van der Waals surface area contributed by atoms with Crippen LogP contribution in [0.25, 0.3) is 0 Å².